The summed E-state index contributed by atoms with van der Waals surface area (Å²) in [7, 11) is 0. The zero-order valence-electron chi connectivity index (χ0n) is 12.6. The van der Waals surface area contributed by atoms with E-state index in [2.05, 4.69) is 10.3 Å². The fraction of sp³-hybridized carbons (Fsp3) is 0.0588. The van der Waals surface area contributed by atoms with Gasteiger partial charge in [0.25, 0.3) is 5.91 Å². The van der Waals surface area contributed by atoms with Crippen LogP contribution < -0.4 is 14.8 Å². The van der Waals surface area contributed by atoms with Gasteiger partial charge in [0.05, 0.1) is 15.6 Å². The number of thioether (sulfide) groups is 1. The maximum atomic E-state index is 12.2. The van der Waals surface area contributed by atoms with Crippen LogP contribution in [0, 0.1) is 0 Å². The molecule has 0 aromatic heterocycles. The number of aliphatic imine (C=N–C) groups is 1. The van der Waals surface area contributed by atoms with Gasteiger partial charge in [-0.15, -0.1) is 0 Å². The average molecular weight is 393 g/mol. The number of hydrogen-bond acceptors (Lipinski definition) is 5. The molecule has 1 fully saturated rings. The summed E-state index contributed by atoms with van der Waals surface area (Å²) in [4.78, 5) is 17.1. The summed E-state index contributed by atoms with van der Waals surface area (Å²) in [6.07, 6.45) is 1.70. The molecule has 1 N–H and O–H groups in total. The van der Waals surface area contributed by atoms with E-state index in [9.17, 15) is 4.79 Å². The van der Waals surface area contributed by atoms with Crippen molar-refractivity contribution >= 4 is 57.8 Å². The van der Waals surface area contributed by atoms with Crippen LogP contribution in [0.2, 0.25) is 10.0 Å². The van der Waals surface area contributed by atoms with Crippen LogP contribution in [0.4, 0.5) is 5.69 Å². The van der Waals surface area contributed by atoms with E-state index in [1.165, 1.54) is 11.8 Å². The zero-order chi connectivity index (χ0) is 17.4. The lowest BCUT2D eigenvalue weighted by atomic mass is 10.2. The molecule has 0 unspecified atom stereocenters. The highest BCUT2D eigenvalue weighted by molar-refractivity contribution is 8.18. The molecule has 2 aromatic rings. The Bertz CT molecular complexity index is 926. The number of hydrogen-bond donors (Lipinski definition) is 1. The van der Waals surface area contributed by atoms with Gasteiger partial charge in [-0.1, -0.05) is 23.2 Å². The van der Waals surface area contributed by atoms with Gasteiger partial charge in [0.15, 0.2) is 16.7 Å². The minimum Gasteiger partial charge on any atom is -0.454 e. The van der Waals surface area contributed by atoms with Crippen LogP contribution in [0.25, 0.3) is 6.08 Å². The monoisotopic (exact) mass is 392 g/mol. The Morgan fingerprint density at radius 1 is 1.12 bits per heavy atom. The van der Waals surface area contributed by atoms with E-state index in [0.29, 0.717) is 42.9 Å². The first-order valence-corrected chi connectivity index (χ1v) is 8.80. The molecule has 2 aliphatic rings. The molecule has 8 heteroatoms. The first-order chi connectivity index (χ1) is 12.1. The summed E-state index contributed by atoms with van der Waals surface area (Å²) in [5, 5.41) is 4.34. The van der Waals surface area contributed by atoms with Gasteiger partial charge in [-0.25, -0.2) is 4.99 Å². The quantitative estimate of drug-likeness (QED) is 0.757. The molecule has 4 rings (SSSR count). The number of carbonyl (C=O) groups is 1. The second-order valence-electron chi connectivity index (χ2n) is 5.19. The molecule has 0 radical (unpaired) electrons. The van der Waals surface area contributed by atoms with Gasteiger partial charge < -0.3 is 14.8 Å². The molecule has 2 heterocycles. The molecule has 0 spiro atoms. The molecule has 2 aliphatic heterocycles. The highest BCUT2D eigenvalue weighted by Gasteiger charge is 2.25. The lowest BCUT2D eigenvalue weighted by Gasteiger charge is -2.02. The Hall–Kier alpha value is -2.15. The van der Waals surface area contributed by atoms with E-state index in [4.69, 9.17) is 32.7 Å². The van der Waals surface area contributed by atoms with Crippen LogP contribution in [-0.2, 0) is 4.79 Å². The van der Waals surface area contributed by atoms with E-state index in [1.54, 1.807) is 42.5 Å². The number of amidine groups is 1. The minimum atomic E-state index is -0.230. The molecular formula is C17H10Cl2N2O3S. The fourth-order valence-electron chi connectivity index (χ4n) is 2.30. The normalized spacial score (nSPS) is 18.9. The van der Waals surface area contributed by atoms with Crippen molar-refractivity contribution in [3.63, 3.8) is 0 Å². The first kappa shape index (κ1) is 16.3. The Balaban J connectivity index is 1.60. The highest BCUT2D eigenvalue weighted by Crippen LogP contribution is 2.38. The van der Waals surface area contributed by atoms with Crippen LogP contribution >= 0.6 is 35.0 Å². The van der Waals surface area contributed by atoms with Gasteiger partial charge in [0, 0.05) is 11.1 Å². The summed E-state index contributed by atoms with van der Waals surface area (Å²) in [6.45, 7) is 0.165. The van der Waals surface area contributed by atoms with Crippen molar-refractivity contribution in [1.29, 1.82) is 0 Å². The molecule has 1 amide bonds. The van der Waals surface area contributed by atoms with Gasteiger partial charge in [-0.05, 0) is 53.7 Å². The highest BCUT2D eigenvalue weighted by atomic mass is 35.5. The van der Waals surface area contributed by atoms with Crippen molar-refractivity contribution in [2.75, 3.05) is 6.79 Å². The largest absolute Gasteiger partial charge is 0.454 e. The minimum absolute atomic E-state index is 0.165. The van der Waals surface area contributed by atoms with Gasteiger partial charge in [0.2, 0.25) is 6.79 Å². The maximum absolute atomic E-state index is 12.2. The lowest BCUT2D eigenvalue weighted by molar-refractivity contribution is -0.115. The standard InChI is InChI=1S/C17H10Cl2N2O3S/c18-10-1-3-11(4-2-10)20-17-21-16(22)15(25-17)6-9-5-13-14(7-12(9)19)24-8-23-13/h1-7H,8H2,(H,20,21,22)/b15-6+. The fourth-order valence-corrected chi connectivity index (χ4v) is 3.47. The van der Waals surface area contributed by atoms with Crippen molar-refractivity contribution in [1.82, 2.24) is 5.32 Å². The van der Waals surface area contributed by atoms with Crippen molar-refractivity contribution in [3.8, 4) is 11.5 Å². The summed E-state index contributed by atoms with van der Waals surface area (Å²) in [5.41, 5.74) is 1.38. The predicted molar refractivity (Wildman–Crippen MR) is 99.8 cm³/mol. The van der Waals surface area contributed by atoms with E-state index < -0.39 is 0 Å². The SMILES string of the molecule is O=C1NC(=Nc2ccc(Cl)cc2)S/C1=C/c1cc2c(cc1Cl)OCO2. The third kappa shape index (κ3) is 3.46. The number of fused-ring (bicyclic) bond motifs is 1. The molecule has 126 valence electrons. The topological polar surface area (TPSA) is 59.9 Å². The molecule has 25 heavy (non-hydrogen) atoms. The lowest BCUT2D eigenvalue weighted by Crippen LogP contribution is -2.19. The van der Waals surface area contributed by atoms with Crippen molar-refractivity contribution in [2.45, 2.75) is 0 Å². The van der Waals surface area contributed by atoms with Crippen LogP contribution in [0.1, 0.15) is 5.56 Å². The number of nitrogens with one attached hydrogen (secondary N) is 1. The maximum Gasteiger partial charge on any atom is 0.264 e. The van der Waals surface area contributed by atoms with Gasteiger partial charge in [-0.3, -0.25) is 4.79 Å². The Kier molecular flexibility index (Phi) is 4.33. The number of benzene rings is 2. The molecule has 0 saturated carbocycles. The molecule has 5 nitrogen and oxygen atoms in total. The van der Waals surface area contributed by atoms with Crippen LogP contribution in [-0.4, -0.2) is 17.9 Å². The van der Waals surface area contributed by atoms with Crippen LogP contribution in [0.5, 0.6) is 11.5 Å². The summed E-state index contributed by atoms with van der Waals surface area (Å²) < 4.78 is 10.6. The molecular weight excluding hydrogens is 383 g/mol. The number of ether oxygens (including phenoxy) is 2. The van der Waals surface area contributed by atoms with Gasteiger partial charge >= 0.3 is 0 Å². The van der Waals surface area contributed by atoms with E-state index in [0.717, 1.165) is 0 Å². The van der Waals surface area contributed by atoms with Crippen molar-refractivity contribution in [3.05, 3.63) is 56.9 Å². The first-order valence-electron chi connectivity index (χ1n) is 7.23. The van der Waals surface area contributed by atoms with E-state index in [-0.39, 0.29) is 12.7 Å². The summed E-state index contributed by atoms with van der Waals surface area (Å²) in [5.74, 6) is 0.974. The third-order valence-corrected chi connectivity index (χ3v) is 4.98. The van der Waals surface area contributed by atoms with Crippen LogP contribution in [0.3, 0.4) is 0 Å². The van der Waals surface area contributed by atoms with E-state index >= 15 is 0 Å². The smallest absolute Gasteiger partial charge is 0.264 e. The Morgan fingerprint density at radius 2 is 1.84 bits per heavy atom. The average Bonchev–Trinajstić information content (AvgIpc) is 3.16. The molecule has 0 atom stereocenters. The van der Waals surface area contributed by atoms with Crippen LogP contribution in [0.15, 0.2) is 46.3 Å². The Labute approximate surface area is 157 Å². The number of amides is 1. The molecule has 2 aromatic carbocycles. The molecule has 0 aliphatic carbocycles. The second kappa shape index (κ2) is 6.63. The number of halogens is 2. The summed E-state index contributed by atoms with van der Waals surface area (Å²) >= 11 is 13.3. The zero-order valence-corrected chi connectivity index (χ0v) is 14.9. The molecule has 1 saturated heterocycles. The van der Waals surface area contributed by atoms with E-state index in [1.807, 2.05) is 0 Å². The predicted octanol–water partition coefficient (Wildman–Crippen LogP) is 4.61. The van der Waals surface area contributed by atoms with Crippen molar-refractivity contribution in [2.24, 2.45) is 4.99 Å². The number of rotatable bonds is 2. The van der Waals surface area contributed by atoms with Gasteiger partial charge in [0.1, 0.15) is 0 Å². The number of carbonyl (C=O) groups excluding carboxylic acids is 1. The second-order valence-corrected chi connectivity index (χ2v) is 7.06. The van der Waals surface area contributed by atoms with Crippen molar-refractivity contribution < 1.29 is 14.3 Å². The Morgan fingerprint density at radius 3 is 2.60 bits per heavy atom. The third-order valence-electron chi connectivity index (χ3n) is 3.49. The number of nitrogens with zero attached hydrogens (tertiary/aromatic N) is 1. The molecule has 0 bridgehead atoms. The van der Waals surface area contributed by atoms with Gasteiger partial charge in [-0.2, -0.15) is 0 Å². The summed E-state index contributed by atoms with van der Waals surface area (Å²) in [6, 6.07) is 10.5.